The molecule has 0 spiro atoms. The second-order valence-electron chi connectivity index (χ2n) is 2.91. The molecule has 0 saturated carbocycles. The van der Waals surface area contributed by atoms with Gasteiger partial charge >= 0.3 is 0 Å². The molecule has 66 valence electrons. The minimum Gasteiger partial charge on any atom is -0.365 e. The van der Waals surface area contributed by atoms with E-state index in [-0.39, 0.29) is 6.10 Å². The average molecular weight is 280 g/mol. The molecule has 1 aromatic heterocycles. The van der Waals surface area contributed by atoms with Crippen LogP contribution in [0.5, 0.6) is 0 Å². The van der Waals surface area contributed by atoms with Crippen LogP contribution in [0.25, 0.3) is 0 Å². The molecule has 2 unspecified atom stereocenters. The molecule has 0 aliphatic carbocycles. The summed E-state index contributed by atoms with van der Waals surface area (Å²) in [6, 6.07) is 0. The number of hydrogen-bond acceptors (Lipinski definition) is 4. The van der Waals surface area contributed by atoms with Gasteiger partial charge in [-0.25, -0.2) is 0 Å². The maximum absolute atomic E-state index is 5.56. The lowest BCUT2D eigenvalue weighted by molar-refractivity contribution is 0.0355. The molecule has 0 N–H and O–H groups in total. The predicted octanol–water partition coefficient (Wildman–Crippen LogP) is 1.91. The van der Waals surface area contributed by atoms with E-state index in [0.29, 0.717) is 15.8 Å². The van der Waals surface area contributed by atoms with E-state index < -0.39 is 0 Å². The van der Waals surface area contributed by atoms with Crippen LogP contribution in [0.15, 0.2) is 4.52 Å². The topological polar surface area (TPSA) is 48.2 Å². The Kier molecular flexibility index (Phi) is 2.31. The van der Waals surface area contributed by atoms with Gasteiger partial charge in [-0.05, 0) is 19.8 Å². The molecule has 4 nitrogen and oxygen atoms in total. The molecule has 5 heteroatoms. The van der Waals surface area contributed by atoms with Crippen LogP contribution in [0.3, 0.4) is 0 Å². The molecule has 1 saturated heterocycles. The highest BCUT2D eigenvalue weighted by atomic mass is 127. The van der Waals surface area contributed by atoms with Gasteiger partial charge in [0.1, 0.15) is 6.10 Å². The first-order valence-corrected chi connectivity index (χ1v) is 4.98. The quantitative estimate of drug-likeness (QED) is 0.737. The molecule has 1 aliphatic rings. The summed E-state index contributed by atoms with van der Waals surface area (Å²) in [7, 11) is 0. The Morgan fingerprint density at radius 3 is 2.83 bits per heavy atom. The van der Waals surface area contributed by atoms with E-state index in [4.69, 9.17) is 9.26 Å². The third-order valence-electron chi connectivity index (χ3n) is 1.92. The Balaban J connectivity index is 2.11. The molecule has 2 heterocycles. The maximum Gasteiger partial charge on any atom is 0.256 e. The Bertz CT molecular complexity index is 276. The van der Waals surface area contributed by atoms with E-state index in [2.05, 4.69) is 17.1 Å². The zero-order chi connectivity index (χ0) is 8.55. The largest absolute Gasteiger partial charge is 0.365 e. The van der Waals surface area contributed by atoms with Gasteiger partial charge < -0.3 is 9.26 Å². The van der Waals surface area contributed by atoms with E-state index in [9.17, 15) is 0 Å². The SMILES string of the molecule is CC1CCC(c2nc(I)no2)O1. The lowest BCUT2D eigenvalue weighted by Gasteiger charge is -2.04. The maximum atomic E-state index is 5.56. The van der Waals surface area contributed by atoms with Gasteiger partial charge in [-0.2, -0.15) is 4.98 Å². The Morgan fingerprint density at radius 1 is 1.50 bits per heavy atom. The van der Waals surface area contributed by atoms with Crippen molar-refractivity contribution in [1.82, 2.24) is 10.1 Å². The smallest absolute Gasteiger partial charge is 0.256 e. The Morgan fingerprint density at radius 2 is 2.33 bits per heavy atom. The monoisotopic (exact) mass is 280 g/mol. The van der Waals surface area contributed by atoms with Gasteiger partial charge in [-0.3, -0.25) is 0 Å². The summed E-state index contributed by atoms with van der Waals surface area (Å²) >= 11 is 2.02. The second kappa shape index (κ2) is 3.29. The van der Waals surface area contributed by atoms with Gasteiger partial charge in [0, 0.05) is 22.6 Å². The van der Waals surface area contributed by atoms with Crippen LogP contribution in [0.1, 0.15) is 31.8 Å². The molecular formula is C7H9IN2O2. The van der Waals surface area contributed by atoms with Gasteiger partial charge in [0.05, 0.1) is 6.10 Å². The van der Waals surface area contributed by atoms with Gasteiger partial charge in [0.25, 0.3) is 5.89 Å². The molecule has 1 aromatic rings. The fourth-order valence-electron chi connectivity index (χ4n) is 1.33. The van der Waals surface area contributed by atoms with Crippen molar-refractivity contribution in [2.24, 2.45) is 0 Å². The number of halogens is 1. The summed E-state index contributed by atoms with van der Waals surface area (Å²) in [6.07, 6.45) is 2.40. The summed E-state index contributed by atoms with van der Waals surface area (Å²) in [5.41, 5.74) is 0. The lowest BCUT2D eigenvalue weighted by atomic mass is 10.2. The highest BCUT2D eigenvalue weighted by Gasteiger charge is 2.27. The Labute approximate surface area is 83.8 Å². The minimum atomic E-state index is 0.0241. The standard InChI is InChI=1S/C7H9IN2O2/c1-4-2-3-5(11-4)6-9-7(8)10-12-6/h4-5H,2-3H2,1H3. The average Bonchev–Trinajstić information content (AvgIpc) is 2.58. The van der Waals surface area contributed by atoms with Crippen molar-refractivity contribution in [2.45, 2.75) is 32.0 Å². The van der Waals surface area contributed by atoms with Crippen molar-refractivity contribution in [3.05, 3.63) is 9.72 Å². The van der Waals surface area contributed by atoms with Crippen LogP contribution in [-0.2, 0) is 4.74 Å². The molecule has 0 amide bonds. The highest BCUT2D eigenvalue weighted by molar-refractivity contribution is 14.1. The zero-order valence-corrected chi connectivity index (χ0v) is 8.82. The number of aromatic nitrogens is 2. The van der Waals surface area contributed by atoms with Crippen molar-refractivity contribution >= 4 is 22.6 Å². The molecule has 0 bridgehead atoms. The molecule has 1 fully saturated rings. The number of hydrogen-bond donors (Lipinski definition) is 0. The summed E-state index contributed by atoms with van der Waals surface area (Å²) < 4.78 is 11.2. The van der Waals surface area contributed by atoms with Crippen molar-refractivity contribution < 1.29 is 9.26 Å². The first kappa shape index (κ1) is 8.43. The second-order valence-corrected chi connectivity index (χ2v) is 3.88. The van der Waals surface area contributed by atoms with E-state index in [1.165, 1.54) is 0 Å². The van der Waals surface area contributed by atoms with E-state index in [0.717, 1.165) is 12.8 Å². The van der Waals surface area contributed by atoms with Crippen molar-refractivity contribution in [2.75, 3.05) is 0 Å². The van der Waals surface area contributed by atoms with E-state index in [1.807, 2.05) is 22.6 Å². The van der Waals surface area contributed by atoms with Gasteiger partial charge in [-0.1, -0.05) is 5.16 Å². The van der Waals surface area contributed by atoms with Crippen LogP contribution < -0.4 is 0 Å². The van der Waals surface area contributed by atoms with Gasteiger partial charge in [-0.15, -0.1) is 0 Å². The first-order valence-electron chi connectivity index (χ1n) is 3.90. The molecule has 2 rings (SSSR count). The van der Waals surface area contributed by atoms with E-state index in [1.54, 1.807) is 0 Å². The number of rotatable bonds is 1. The third kappa shape index (κ3) is 1.61. The molecule has 2 atom stereocenters. The molecule has 0 aromatic carbocycles. The summed E-state index contributed by atoms with van der Waals surface area (Å²) in [5.74, 6) is 0.615. The molecule has 12 heavy (non-hydrogen) atoms. The van der Waals surface area contributed by atoms with Crippen molar-refractivity contribution in [3.63, 3.8) is 0 Å². The lowest BCUT2D eigenvalue weighted by Crippen LogP contribution is -2.01. The van der Waals surface area contributed by atoms with Gasteiger partial charge in [0.15, 0.2) is 0 Å². The highest BCUT2D eigenvalue weighted by Crippen LogP contribution is 2.31. The fourth-order valence-corrected chi connectivity index (χ4v) is 1.67. The van der Waals surface area contributed by atoms with Crippen LogP contribution in [0.2, 0.25) is 0 Å². The van der Waals surface area contributed by atoms with Crippen molar-refractivity contribution in [1.29, 1.82) is 0 Å². The molecular weight excluding hydrogens is 271 g/mol. The normalized spacial score (nSPS) is 29.5. The van der Waals surface area contributed by atoms with Crippen LogP contribution in [0, 0.1) is 3.83 Å². The third-order valence-corrected chi connectivity index (χ3v) is 2.36. The van der Waals surface area contributed by atoms with E-state index >= 15 is 0 Å². The zero-order valence-electron chi connectivity index (χ0n) is 6.66. The number of ether oxygens (including phenoxy) is 1. The predicted molar refractivity (Wildman–Crippen MR) is 49.5 cm³/mol. The minimum absolute atomic E-state index is 0.0241. The summed E-state index contributed by atoms with van der Waals surface area (Å²) in [4.78, 5) is 4.11. The fraction of sp³-hybridized carbons (Fsp3) is 0.714. The summed E-state index contributed by atoms with van der Waals surface area (Å²) in [5, 5.41) is 3.71. The number of nitrogens with zero attached hydrogens (tertiary/aromatic N) is 2. The molecule has 1 aliphatic heterocycles. The van der Waals surface area contributed by atoms with Gasteiger partial charge in [0.2, 0.25) is 3.83 Å². The van der Waals surface area contributed by atoms with Crippen molar-refractivity contribution in [3.8, 4) is 0 Å². The van der Waals surface area contributed by atoms with Crippen LogP contribution in [0.4, 0.5) is 0 Å². The van der Waals surface area contributed by atoms with Crippen LogP contribution >= 0.6 is 22.6 Å². The van der Waals surface area contributed by atoms with Crippen LogP contribution in [-0.4, -0.2) is 16.2 Å². The molecule has 0 radical (unpaired) electrons. The Hall–Kier alpha value is -0.170. The first-order chi connectivity index (χ1) is 5.75. The summed E-state index contributed by atoms with van der Waals surface area (Å²) in [6.45, 7) is 2.06.